The molecule has 2 amide bonds. The number of rotatable bonds is 5. The van der Waals surface area contributed by atoms with Crippen LogP contribution in [0.1, 0.15) is 34.1 Å². The van der Waals surface area contributed by atoms with Crippen LogP contribution in [0.15, 0.2) is 48.7 Å². The molecule has 5 nitrogen and oxygen atoms in total. The third-order valence-electron chi connectivity index (χ3n) is 3.71. The van der Waals surface area contributed by atoms with Crippen LogP contribution in [0.5, 0.6) is 0 Å². The maximum Gasteiger partial charge on any atom is 0.252 e. The van der Waals surface area contributed by atoms with Gasteiger partial charge in [0, 0.05) is 30.4 Å². The average Bonchev–Trinajstić information content (AvgIpc) is 2.85. The van der Waals surface area contributed by atoms with E-state index < -0.39 is 0 Å². The van der Waals surface area contributed by atoms with E-state index in [1.54, 1.807) is 12.3 Å². The zero-order valence-corrected chi connectivity index (χ0v) is 12.1. The van der Waals surface area contributed by atoms with Gasteiger partial charge in [-0.15, -0.1) is 0 Å². The van der Waals surface area contributed by atoms with Crippen molar-refractivity contribution in [3.63, 3.8) is 0 Å². The van der Waals surface area contributed by atoms with Crippen LogP contribution in [-0.4, -0.2) is 23.3 Å². The molecule has 1 aromatic carbocycles. The molecule has 0 bridgehead atoms. The standard InChI is InChI=1S/C17H17N3O2/c21-16(19-10-8-12-5-3-4-9-18-12)11-15-13-6-1-2-7-14(13)17(22)20-15/h1-7,9,15H,8,10-11H2,(H,19,21)(H,20,22). The first-order valence-electron chi connectivity index (χ1n) is 7.30. The Kier molecular flexibility index (Phi) is 4.14. The Labute approximate surface area is 128 Å². The third kappa shape index (κ3) is 3.14. The minimum Gasteiger partial charge on any atom is -0.356 e. The molecule has 0 saturated carbocycles. The fraction of sp³-hybridized carbons (Fsp3) is 0.235. The van der Waals surface area contributed by atoms with E-state index in [-0.39, 0.29) is 24.3 Å². The van der Waals surface area contributed by atoms with Crippen LogP contribution in [0.25, 0.3) is 0 Å². The molecule has 2 heterocycles. The Morgan fingerprint density at radius 1 is 1.18 bits per heavy atom. The summed E-state index contributed by atoms with van der Waals surface area (Å²) in [5, 5.41) is 5.72. The molecule has 1 aliphatic heterocycles. The largest absolute Gasteiger partial charge is 0.356 e. The molecular formula is C17H17N3O2. The SMILES string of the molecule is O=C(CC1NC(=O)c2ccccc21)NCCc1ccccn1. The highest BCUT2D eigenvalue weighted by Crippen LogP contribution is 2.27. The Morgan fingerprint density at radius 3 is 2.82 bits per heavy atom. The first kappa shape index (κ1) is 14.3. The Bertz CT molecular complexity index is 685. The number of hydrogen-bond acceptors (Lipinski definition) is 3. The highest BCUT2D eigenvalue weighted by atomic mass is 16.2. The Balaban J connectivity index is 1.52. The number of aromatic nitrogens is 1. The number of nitrogens with zero attached hydrogens (tertiary/aromatic N) is 1. The van der Waals surface area contributed by atoms with Gasteiger partial charge in [-0.2, -0.15) is 0 Å². The van der Waals surface area contributed by atoms with Crippen molar-refractivity contribution >= 4 is 11.8 Å². The number of hydrogen-bond donors (Lipinski definition) is 2. The molecule has 112 valence electrons. The van der Waals surface area contributed by atoms with Crippen LogP contribution >= 0.6 is 0 Å². The van der Waals surface area contributed by atoms with Crippen LogP contribution in [-0.2, 0) is 11.2 Å². The number of amides is 2. The molecule has 1 atom stereocenters. The second-order valence-electron chi connectivity index (χ2n) is 5.24. The summed E-state index contributed by atoms with van der Waals surface area (Å²) in [6.45, 7) is 0.540. The number of pyridine rings is 1. The summed E-state index contributed by atoms with van der Waals surface area (Å²) in [5.41, 5.74) is 2.50. The van der Waals surface area contributed by atoms with Gasteiger partial charge in [0.15, 0.2) is 0 Å². The lowest BCUT2D eigenvalue weighted by atomic mass is 10.0. The fourth-order valence-electron chi connectivity index (χ4n) is 2.62. The Morgan fingerprint density at radius 2 is 2.00 bits per heavy atom. The van der Waals surface area contributed by atoms with Crippen LogP contribution in [0.3, 0.4) is 0 Å². The lowest BCUT2D eigenvalue weighted by Crippen LogP contribution is -2.30. The maximum absolute atomic E-state index is 12.0. The zero-order valence-electron chi connectivity index (χ0n) is 12.1. The summed E-state index contributed by atoms with van der Waals surface area (Å²) in [5.74, 6) is -0.181. The molecule has 5 heteroatoms. The van der Waals surface area contributed by atoms with Crippen molar-refractivity contribution in [2.75, 3.05) is 6.54 Å². The molecule has 0 spiro atoms. The summed E-state index contributed by atoms with van der Waals surface area (Å²) >= 11 is 0. The predicted octanol–water partition coefficient (Wildman–Crippen LogP) is 1.62. The second-order valence-corrected chi connectivity index (χ2v) is 5.24. The van der Waals surface area contributed by atoms with Gasteiger partial charge in [-0.25, -0.2) is 0 Å². The van der Waals surface area contributed by atoms with E-state index in [0.29, 0.717) is 18.5 Å². The number of nitrogens with one attached hydrogen (secondary N) is 2. The summed E-state index contributed by atoms with van der Waals surface area (Å²) in [7, 11) is 0. The summed E-state index contributed by atoms with van der Waals surface area (Å²) < 4.78 is 0. The molecule has 0 radical (unpaired) electrons. The van der Waals surface area contributed by atoms with Gasteiger partial charge >= 0.3 is 0 Å². The van der Waals surface area contributed by atoms with Crippen LogP contribution in [0, 0.1) is 0 Å². The van der Waals surface area contributed by atoms with Crippen molar-refractivity contribution in [2.45, 2.75) is 18.9 Å². The Hall–Kier alpha value is -2.69. The number of carbonyl (C=O) groups excluding carboxylic acids is 2. The maximum atomic E-state index is 12.0. The molecule has 1 aliphatic rings. The zero-order chi connectivity index (χ0) is 15.4. The van der Waals surface area contributed by atoms with Gasteiger partial charge in [-0.1, -0.05) is 24.3 Å². The van der Waals surface area contributed by atoms with E-state index in [9.17, 15) is 9.59 Å². The molecule has 0 saturated heterocycles. The van der Waals surface area contributed by atoms with Gasteiger partial charge in [-0.3, -0.25) is 14.6 Å². The minimum absolute atomic E-state index is 0.0714. The minimum atomic E-state index is -0.237. The first-order chi connectivity index (χ1) is 10.7. The highest BCUT2D eigenvalue weighted by Gasteiger charge is 2.29. The van der Waals surface area contributed by atoms with Gasteiger partial charge in [0.05, 0.1) is 12.5 Å². The normalized spacial score (nSPS) is 16.0. The van der Waals surface area contributed by atoms with Crippen molar-refractivity contribution in [3.8, 4) is 0 Å². The number of benzene rings is 1. The fourth-order valence-corrected chi connectivity index (χ4v) is 2.62. The van der Waals surface area contributed by atoms with Crippen molar-refractivity contribution in [1.82, 2.24) is 15.6 Å². The molecule has 0 aliphatic carbocycles. The van der Waals surface area contributed by atoms with Crippen LogP contribution in [0.4, 0.5) is 0 Å². The van der Waals surface area contributed by atoms with Gasteiger partial charge in [0.25, 0.3) is 5.91 Å². The van der Waals surface area contributed by atoms with Crippen molar-refractivity contribution in [3.05, 3.63) is 65.5 Å². The summed E-state index contributed by atoms with van der Waals surface area (Å²) in [6, 6.07) is 12.9. The lowest BCUT2D eigenvalue weighted by Gasteiger charge is -2.11. The van der Waals surface area contributed by atoms with E-state index >= 15 is 0 Å². The second kappa shape index (κ2) is 6.39. The molecule has 0 fully saturated rings. The molecule has 3 rings (SSSR count). The summed E-state index contributed by atoms with van der Waals surface area (Å²) in [6.07, 6.45) is 2.69. The number of fused-ring (bicyclic) bond motifs is 1. The smallest absolute Gasteiger partial charge is 0.252 e. The van der Waals surface area contributed by atoms with Gasteiger partial charge in [0.2, 0.25) is 5.91 Å². The van der Waals surface area contributed by atoms with Gasteiger partial charge in [0.1, 0.15) is 0 Å². The van der Waals surface area contributed by atoms with Gasteiger partial charge in [-0.05, 0) is 23.8 Å². The quantitative estimate of drug-likeness (QED) is 0.880. The molecule has 1 aromatic heterocycles. The van der Waals surface area contributed by atoms with Crippen molar-refractivity contribution in [2.24, 2.45) is 0 Å². The highest BCUT2D eigenvalue weighted by molar-refractivity contribution is 5.99. The average molecular weight is 295 g/mol. The van der Waals surface area contributed by atoms with Crippen molar-refractivity contribution < 1.29 is 9.59 Å². The predicted molar refractivity (Wildman–Crippen MR) is 82.2 cm³/mol. The van der Waals surface area contributed by atoms with Crippen LogP contribution < -0.4 is 10.6 Å². The van der Waals surface area contributed by atoms with E-state index in [0.717, 1.165) is 11.3 Å². The first-order valence-corrected chi connectivity index (χ1v) is 7.30. The third-order valence-corrected chi connectivity index (χ3v) is 3.71. The van der Waals surface area contributed by atoms with Gasteiger partial charge < -0.3 is 10.6 Å². The van der Waals surface area contributed by atoms with Crippen molar-refractivity contribution in [1.29, 1.82) is 0 Å². The van der Waals surface area contributed by atoms with E-state index in [1.807, 2.05) is 36.4 Å². The van der Waals surface area contributed by atoms with E-state index in [4.69, 9.17) is 0 Å². The molecule has 22 heavy (non-hydrogen) atoms. The van der Waals surface area contributed by atoms with E-state index in [1.165, 1.54) is 0 Å². The van der Waals surface area contributed by atoms with E-state index in [2.05, 4.69) is 15.6 Å². The number of carbonyl (C=O) groups is 2. The molecule has 2 N–H and O–H groups in total. The monoisotopic (exact) mass is 295 g/mol. The topological polar surface area (TPSA) is 71.1 Å². The van der Waals surface area contributed by atoms with Crippen LogP contribution in [0.2, 0.25) is 0 Å². The molecular weight excluding hydrogens is 278 g/mol. The molecule has 2 aromatic rings. The lowest BCUT2D eigenvalue weighted by molar-refractivity contribution is -0.121. The summed E-state index contributed by atoms with van der Waals surface area (Å²) in [4.78, 5) is 28.0. The molecule has 1 unspecified atom stereocenters.